The molecule has 1 saturated heterocycles. The predicted molar refractivity (Wildman–Crippen MR) is 69.4 cm³/mol. The van der Waals surface area contributed by atoms with Gasteiger partial charge in [-0.2, -0.15) is 0 Å². The van der Waals surface area contributed by atoms with E-state index in [0.717, 1.165) is 5.56 Å². The lowest BCUT2D eigenvalue weighted by Gasteiger charge is -2.26. The second kappa shape index (κ2) is 5.21. The van der Waals surface area contributed by atoms with E-state index in [1.54, 1.807) is 11.0 Å². The van der Waals surface area contributed by atoms with Gasteiger partial charge in [0.2, 0.25) is 5.91 Å². The monoisotopic (exact) mass is 246 g/mol. The summed E-state index contributed by atoms with van der Waals surface area (Å²) in [5, 5.41) is 2.72. The van der Waals surface area contributed by atoms with E-state index in [9.17, 15) is 9.59 Å². The summed E-state index contributed by atoms with van der Waals surface area (Å²) in [7, 11) is 0. The van der Waals surface area contributed by atoms with E-state index in [-0.39, 0.29) is 18.4 Å². The van der Waals surface area contributed by atoms with Crippen molar-refractivity contribution in [1.29, 1.82) is 0 Å². The summed E-state index contributed by atoms with van der Waals surface area (Å²) in [6, 6.07) is 7.64. The standard InChI is InChI=1S/C14H18N2O2/c1-10(2)11-4-3-5-12(8-11)14(18)16-7-6-15-13(17)9-16/h3-5,8,10H,6-7,9H2,1-2H3,(H,15,17). The highest BCUT2D eigenvalue weighted by atomic mass is 16.2. The van der Waals surface area contributed by atoms with Crippen molar-refractivity contribution in [2.45, 2.75) is 19.8 Å². The molecule has 0 spiro atoms. The largest absolute Gasteiger partial charge is 0.353 e. The summed E-state index contributed by atoms with van der Waals surface area (Å²) in [6.07, 6.45) is 0. The zero-order valence-electron chi connectivity index (χ0n) is 10.8. The number of piperazine rings is 1. The van der Waals surface area contributed by atoms with Crippen LogP contribution in [0.5, 0.6) is 0 Å². The van der Waals surface area contributed by atoms with Gasteiger partial charge in [0.1, 0.15) is 0 Å². The van der Waals surface area contributed by atoms with Gasteiger partial charge >= 0.3 is 0 Å². The van der Waals surface area contributed by atoms with Crippen molar-refractivity contribution in [2.75, 3.05) is 19.6 Å². The van der Waals surface area contributed by atoms with Crippen LogP contribution < -0.4 is 5.32 Å². The summed E-state index contributed by atoms with van der Waals surface area (Å²) in [5.74, 6) is 0.240. The van der Waals surface area contributed by atoms with Crippen LogP contribution in [0, 0.1) is 0 Å². The summed E-state index contributed by atoms with van der Waals surface area (Å²) < 4.78 is 0. The molecule has 0 atom stereocenters. The van der Waals surface area contributed by atoms with Crippen LogP contribution in [0.2, 0.25) is 0 Å². The molecule has 0 aliphatic carbocycles. The summed E-state index contributed by atoms with van der Waals surface area (Å²) >= 11 is 0. The zero-order chi connectivity index (χ0) is 13.1. The molecule has 0 bridgehead atoms. The van der Waals surface area contributed by atoms with Crippen LogP contribution >= 0.6 is 0 Å². The third-order valence-electron chi connectivity index (χ3n) is 3.13. The number of rotatable bonds is 2. The van der Waals surface area contributed by atoms with Gasteiger partial charge in [0, 0.05) is 18.7 Å². The van der Waals surface area contributed by atoms with E-state index in [0.29, 0.717) is 24.6 Å². The average Bonchev–Trinajstić information content (AvgIpc) is 2.38. The van der Waals surface area contributed by atoms with Gasteiger partial charge in [0.15, 0.2) is 0 Å². The predicted octanol–water partition coefficient (Wildman–Crippen LogP) is 1.38. The molecule has 2 amide bonds. The van der Waals surface area contributed by atoms with Crippen LogP contribution in [0.1, 0.15) is 35.7 Å². The van der Waals surface area contributed by atoms with Crippen LogP contribution in [0.25, 0.3) is 0 Å². The van der Waals surface area contributed by atoms with E-state index in [1.807, 2.05) is 18.2 Å². The molecule has 18 heavy (non-hydrogen) atoms. The van der Waals surface area contributed by atoms with E-state index >= 15 is 0 Å². The van der Waals surface area contributed by atoms with E-state index in [4.69, 9.17) is 0 Å². The second-order valence-corrected chi connectivity index (χ2v) is 4.86. The second-order valence-electron chi connectivity index (χ2n) is 4.86. The Hall–Kier alpha value is -1.84. The normalized spacial score (nSPS) is 15.7. The zero-order valence-corrected chi connectivity index (χ0v) is 10.8. The Balaban J connectivity index is 2.17. The number of benzene rings is 1. The quantitative estimate of drug-likeness (QED) is 0.857. The maximum Gasteiger partial charge on any atom is 0.254 e. The summed E-state index contributed by atoms with van der Waals surface area (Å²) in [6.45, 7) is 5.46. The lowest BCUT2D eigenvalue weighted by molar-refractivity contribution is -0.123. The molecule has 0 radical (unpaired) electrons. The lowest BCUT2D eigenvalue weighted by Crippen LogP contribution is -2.49. The van der Waals surface area contributed by atoms with Gasteiger partial charge in [-0.15, -0.1) is 0 Å². The topological polar surface area (TPSA) is 49.4 Å². The van der Waals surface area contributed by atoms with Gasteiger partial charge in [-0.3, -0.25) is 9.59 Å². The molecule has 1 aliphatic rings. The fraction of sp³-hybridized carbons (Fsp3) is 0.429. The average molecular weight is 246 g/mol. The maximum absolute atomic E-state index is 12.3. The Morgan fingerprint density at radius 3 is 2.83 bits per heavy atom. The summed E-state index contributed by atoms with van der Waals surface area (Å²) in [4.78, 5) is 25.1. The number of nitrogens with one attached hydrogen (secondary N) is 1. The maximum atomic E-state index is 12.3. The minimum atomic E-state index is -0.0883. The number of amides is 2. The molecule has 96 valence electrons. The molecule has 1 heterocycles. The first-order chi connectivity index (χ1) is 8.58. The molecule has 0 unspecified atom stereocenters. The van der Waals surface area contributed by atoms with Crippen molar-refractivity contribution in [3.05, 3.63) is 35.4 Å². The van der Waals surface area contributed by atoms with Crippen molar-refractivity contribution in [3.63, 3.8) is 0 Å². The Labute approximate surface area is 107 Å². The Morgan fingerprint density at radius 1 is 1.39 bits per heavy atom. The number of hydrogen-bond acceptors (Lipinski definition) is 2. The molecule has 1 aliphatic heterocycles. The first-order valence-electron chi connectivity index (χ1n) is 6.24. The van der Waals surface area contributed by atoms with Gasteiger partial charge in [-0.25, -0.2) is 0 Å². The molecular weight excluding hydrogens is 228 g/mol. The third-order valence-corrected chi connectivity index (χ3v) is 3.13. The van der Waals surface area contributed by atoms with Crippen LogP contribution in [-0.2, 0) is 4.79 Å². The molecule has 4 heteroatoms. The molecular formula is C14H18N2O2. The van der Waals surface area contributed by atoms with E-state index in [1.165, 1.54) is 0 Å². The number of carbonyl (C=O) groups is 2. The SMILES string of the molecule is CC(C)c1cccc(C(=O)N2CCNC(=O)C2)c1. The number of hydrogen-bond donors (Lipinski definition) is 1. The Kier molecular flexibility index (Phi) is 3.65. The van der Waals surface area contributed by atoms with Crippen molar-refractivity contribution in [3.8, 4) is 0 Å². The van der Waals surface area contributed by atoms with E-state index < -0.39 is 0 Å². The fourth-order valence-electron chi connectivity index (χ4n) is 2.03. The fourth-order valence-corrected chi connectivity index (χ4v) is 2.03. The highest BCUT2D eigenvalue weighted by Gasteiger charge is 2.22. The van der Waals surface area contributed by atoms with Crippen LogP contribution in [0.15, 0.2) is 24.3 Å². The lowest BCUT2D eigenvalue weighted by atomic mass is 10.0. The highest BCUT2D eigenvalue weighted by molar-refractivity contribution is 5.97. The third kappa shape index (κ3) is 2.70. The first kappa shape index (κ1) is 12.6. The Morgan fingerprint density at radius 2 is 2.17 bits per heavy atom. The Bertz CT molecular complexity index is 469. The van der Waals surface area contributed by atoms with Crippen molar-refractivity contribution < 1.29 is 9.59 Å². The van der Waals surface area contributed by atoms with Gasteiger partial charge in [-0.05, 0) is 23.6 Å². The van der Waals surface area contributed by atoms with Crippen molar-refractivity contribution in [2.24, 2.45) is 0 Å². The number of carbonyl (C=O) groups excluding carboxylic acids is 2. The number of nitrogens with zero attached hydrogens (tertiary/aromatic N) is 1. The molecule has 2 rings (SSSR count). The smallest absolute Gasteiger partial charge is 0.254 e. The van der Waals surface area contributed by atoms with Gasteiger partial charge in [0.25, 0.3) is 5.91 Å². The van der Waals surface area contributed by atoms with Crippen LogP contribution in [0.4, 0.5) is 0 Å². The first-order valence-corrected chi connectivity index (χ1v) is 6.24. The molecule has 1 aromatic carbocycles. The minimum absolute atomic E-state index is 0.0626. The van der Waals surface area contributed by atoms with Gasteiger partial charge < -0.3 is 10.2 Å². The molecule has 1 aromatic rings. The van der Waals surface area contributed by atoms with Crippen molar-refractivity contribution in [1.82, 2.24) is 10.2 Å². The van der Waals surface area contributed by atoms with Crippen molar-refractivity contribution >= 4 is 11.8 Å². The van der Waals surface area contributed by atoms with Gasteiger partial charge in [0.05, 0.1) is 6.54 Å². The van der Waals surface area contributed by atoms with Crippen LogP contribution in [-0.4, -0.2) is 36.3 Å². The minimum Gasteiger partial charge on any atom is -0.353 e. The molecule has 0 aromatic heterocycles. The molecule has 0 saturated carbocycles. The highest BCUT2D eigenvalue weighted by Crippen LogP contribution is 2.16. The molecule has 1 fully saturated rings. The van der Waals surface area contributed by atoms with Gasteiger partial charge in [-0.1, -0.05) is 26.0 Å². The van der Waals surface area contributed by atoms with Crippen LogP contribution in [0.3, 0.4) is 0 Å². The molecule has 1 N–H and O–H groups in total. The molecule has 4 nitrogen and oxygen atoms in total. The van der Waals surface area contributed by atoms with E-state index in [2.05, 4.69) is 19.2 Å². The summed E-state index contributed by atoms with van der Waals surface area (Å²) in [5.41, 5.74) is 1.80.